The van der Waals surface area contributed by atoms with Gasteiger partial charge >= 0.3 is 0 Å². The van der Waals surface area contributed by atoms with Gasteiger partial charge in [0.25, 0.3) is 10.0 Å². The molecule has 3 aromatic heterocycles. The van der Waals surface area contributed by atoms with Gasteiger partial charge in [-0.25, -0.2) is 22.7 Å². The Morgan fingerprint density at radius 2 is 1.72 bits per heavy atom. The van der Waals surface area contributed by atoms with E-state index in [9.17, 15) is 13.5 Å². The van der Waals surface area contributed by atoms with Crippen LogP contribution in [0.5, 0.6) is 0 Å². The summed E-state index contributed by atoms with van der Waals surface area (Å²) in [6.45, 7) is 3.51. The zero-order chi connectivity index (χ0) is 33.0. The second-order valence-electron chi connectivity index (χ2n) is 10.5. The molecule has 3 heterocycles. The molecule has 242 valence electrons. The first-order valence-corrected chi connectivity index (χ1v) is 16.1. The summed E-state index contributed by atoms with van der Waals surface area (Å²) >= 11 is 0. The molecule has 0 bridgehead atoms. The molecule has 0 saturated carbocycles. The lowest BCUT2D eigenvalue weighted by Crippen LogP contribution is -2.34. The van der Waals surface area contributed by atoms with Gasteiger partial charge in [0.1, 0.15) is 13.0 Å². The average molecular weight is 657 g/mol. The fourth-order valence-corrected chi connectivity index (χ4v) is 6.56. The molecule has 0 saturated heterocycles. The number of oxazole rings is 2. The molecular weight excluding hydrogens is 624 g/mol. The second-order valence-corrected chi connectivity index (χ2v) is 12.4. The van der Waals surface area contributed by atoms with Crippen LogP contribution >= 0.6 is 0 Å². The average Bonchev–Trinajstić information content (AvgIpc) is 3.88. The molecule has 0 aliphatic rings. The van der Waals surface area contributed by atoms with Gasteiger partial charge in [-0.15, -0.1) is 0 Å². The van der Waals surface area contributed by atoms with Crippen molar-refractivity contribution in [1.82, 2.24) is 15.1 Å². The van der Waals surface area contributed by atoms with E-state index in [0.29, 0.717) is 45.2 Å². The number of hydrogen-bond acceptors (Lipinski definition) is 11. The third-order valence-corrected chi connectivity index (χ3v) is 9.35. The first-order valence-electron chi connectivity index (χ1n) is 14.6. The zero-order valence-corrected chi connectivity index (χ0v) is 26.7. The van der Waals surface area contributed by atoms with E-state index in [1.54, 1.807) is 50.2 Å². The summed E-state index contributed by atoms with van der Waals surface area (Å²) in [5.74, 6) is 0.840. The second kappa shape index (κ2) is 13.7. The third-order valence-electron chi connectivity index (χ3n) is 7.59. The van der Waals surface area contributed by atoms with Gasteiger partial charge in [0.15, 0.2) is 11.9 Å². The van der Waals surface area contributed by atoms with E-state index in [-0.39, 0.29) is 36.6 Å². The molecule has 0 aliphatic heterocycles. The van der Waals surface area contributed by atoms with Crippen LogP contribution in [0.15, 0.2) is 110 Å². The summed E-state index contributed by atoms with van der Waals surface area (Å²) in [5, 5.41) is 15.8. The molecule has 6 aromatic rings. The number of aliphatic hydroxyl groups excluding tert-OH is 1. The largest absolute Gasteiger partial charge is 0.445 e. The Morgan fingerprint density at radius 3 is 2.45 bits per heavy atom. The van der Waals surface area contributed by atoms with Crippen molar-refractivity contribution in [2.24, 2.45) is 0 Å². The number of ether oxygens (including phenoxy) is 2. The van der Waals surface area contributed by atoms with Crippen LogP contribution in [-0.2, 0) is 19.5 Å². The molecule has 1 atom stereocenters. The van der Waals surface area contributed by atoms with Crippen molar-refractivity contribution in [2.75, 3.05) is 31.4 Å². The minimum Gasteiger partial charge on any atom is -0.445 e. The monoisotopic (exact) mass is 656 g/mol. The highest BCUT2D eigenvalue weighted by Crippen LogP contribution is 2.40. The number of anilines is 1. The summed E-state index contributed by atoms with van der Waals surface area (Å²) in [6, 6.07) is 21.0. The highest BCUT2D eigenvalue weighted by molar-refractivity contribution is 7.93. The third kappa shape index (κ3) is 6.46. The standard InChI is InChI=1S/C34H32N4O8S/c1-22-23(2)37-46-34(22)38(21-43-18-17-42-3)47(40,41)30-12-8-7-11-27(30)26-14-13-25(32-35-15-16-44-32)19-28(26)31(39)33-36-20-29(45-33)24-9-5-4-6-10-24/h4-16,19-20,31,39H,17-18,21H2,1-3H3. The number of rotatable bonds is 13. The number of aryl methyl sites for hydroxylation is 1. The van der Waals surface area contributed by atoms with E-state index in [1.807, 2.05) is 30.3 Å². The first-order chi connectivity index (χ1) is 22.8. The highest BCUT2D eigenvalue weighted by Gasteiger charge is 2.33. The van der Waals surface area contributed by atoms with E-state index in [0.717, 1.165) is 9.87 Å². The molecule has 0 fully saturated rings. The van der Waals surface area contributed by atoms with Crippen LogP contribution in [0, 0.1) is 13.8 Å². The quantitative estimate of drug-likeness (QED) is 0.112. The molecule has 0 radical (unpaired) electrons. The van der Waals surface area contributed by atoms with Gasteiger partial charge in [-0.1, -0.05) is 59.8 Å². The van der Waals surface area contributed by atoms with Crippen molar-refractivity contribution < 1.29 is 36.4 Å². The molecule has 1 N–H and O–H groups in total. The minimum atomic E-state index is -4.34. The predicted molar refractivity (Wildman–Crippen MR) is 172 cm³/mol. The number of aliphatic hydroxyl groups is 1. The van der Waals surface area contributed by atoms with E-state index in [2.05, 4.69) is 15.1 Å². The lowest BCUT2D eigenvalue weighted by molar-refractivity contribution is 0.0744. The summed E-state index contributed by atoms with van der Waals surface area (Å²) in [5.41, 5.74) is 3.48. The molecule has 13 heteroatoms. The maximum Gasteiger partial charge on any atom is 0.269 e. The van der Waals surface area contributed by atoms with Crippen molar-refractivity contribution in [2.45, 2.75) is 24.8 Å². The normalized spacial score (nSPS) is 12.3. The smallest absolute Gasteiger partial charge is 0.269 e. The van der Waals surface area contributed by atoms with Crippen molar-refractivity contribution in [3.63, 3.8) is 0 Å². The van der Waals surface area contributed by atoms with Gasteiger partial charge in [0.05, 0.1) is 36.2 Å². The van der Waals surface area contributed by atoms with Crippen LogP contribution in [0.3, 0.4) is 0 Å². The Kier molecular flexibility index (Phi) is 9.31. The lowest BCUT2D eigenvalue weighted by Gasteiger charge is -2.24. The van der Waals surface area contributed by atoms with Gasteiger partial charge in [-0.2, -0.15) is 0 Å². The van der Waals surface area contributed by atoms with Crippen LogP contribution < -0.4 is 4.31 Å². The molecule has 12 nitrogen and oxygen atoms in total. The Bertz CT molecular complexity index is 2060. The predicted octanol–water partition coefficient (Wildman–Crippen LogP) is 6.17. The molecular formula is C34H32N4O8S. The zero-order valence-electron chi connectivity index (χ0n) is 25.9. The van der Waals surface area contributed by atoms with Crippen molar-refractivity contribution in [1.29, 1.82) is 0 Å². The Morgan fingerprint density at radius 1 is 0.936 bits per heavy atom. The molecule has 0 aliphatic carbocycles. The summed E-state index contributed by atoms with van der Waals surface area (Å²) in [4.78, 5) is 8.55. The Labute approximate surface area is 271 Å². The number of aromatic nitrogens is 3. The van der Waals surface area contributed by atoms with Crippen molar-refractivity contribution in [3.8, 4) is 33.9 Å². The van der Waals surface area contributed by atoms with Gasteiger partial charge in [0.2, 0.25) is 17.7 Å². The van der Waals surface area contributed by atoms with Crippen LogP contribution in [0.25, 0.3) is 33.9 Å². The summed E-state index contributed by atoms with van der Waals surface area (Å²) in [7, 11) is -2.81. The Hall–Kier alpha value is -5.08. The minimum absolute atomic E-state index is 0.0240. The van der Waals surface area contributed by atoms with Gasteiger partial charge in [-0.3, -0.25) is 0 Å². The maximum absolute atomic E-state index is 14.5. The molecule has 1 unspecified atom stereocenters. The van der Waals surface area contributed by atoms with Gasteiger partial charge in [0, 0.05) is 29.4 Å². The molecule has 47 heavy (non-hydrogen) atoms. The molecule has 3 aromatic carbocycles. The number of benzene rings is 3. The van der Waals surface area contributed by atoms with Gasteiger partial charge < -0.3 is 27.9 Å². The highest BCUT2D eigenvalue weighted by atomic mass is 32.2. The number of nitrogens with zero attached hydrogens (tertiary/aromatic N) is 4. The summed E-state index contributed by atoms with van der Waals surface area (Å²) < 4.78 is 57.8. The lowest BCUT2D eigenvalue weighted by atomic mass is 9.94. The number of methoxy groups -OCH3 is 1. The topological polar surface area (TPSA) is 154 Å². The van der Waals surface area contributed by atoms with Gasteiger partial charge in [-0.05, 0) is 43.2 Å². The van der Waals surface area contributed by atoms with Crippen LogP contribution in [0.2, 0.25) is 0 Å². The van der Waals surface area contributed by atoms with E-state index < -0.39 is 16.1 Å². The maximum atomic E-state index is 14.5. The summed E-state index contributed by atoms with van der Waals surface area (Å²) in [6.07, 6.45) is 3.10. The van der Waals surface area contributed by atoms with Crippen LogP contribution in [0.1, 0.15) is 28.8 Å². The molecule has 0 amide bonds. The molecule has 0 spiro atoms. The van der Waals surface area contributed by atoms with Crippen LogP contribution in [0.4, 0.5) is 5.88 Å². The van der Waals surface area contributed by atoms with Crippen LogP contribution in [-0.4, -0.2) is 55.7 Å². The fourth-order valence-electron chi connectivity index (χ4n) is 5.01. The number of sulfonamides is 1. The first kappa shape index (κ1) is 31.9. The van der Waals surface area contributed by atoms with E-state index in [4.69, 9.17) is 22.8 Å². The van der Waals surface area contributed by atoms with Crippen molar-refractivity contribution in [3.05, 3.63) is 114 Å². The SMILES string of the molecule is COCCOCN(c1onc(C)c1C)S(=O)(=O)c1ccccc1-c1ccc(-c2ncco2)cc1C(O)c1ncc(-c2ccccc2)o1. The molecule has 6 rings (SSSR count). The van der Waals surface area contributed by atoms with E-state index >= 15 is 0 Å². The Balaban J connectivity index is 1.47. The number of hydrogen-bond donors (Lipinski definition) is 1. The fraction of sp³-hybridized carbons (Fsp3) is 0.206. The van der Waals surface area contributed by atoms with E-state index in [1.165, 1.54) is 31.8 Å². The van der Waals surface area contributed by atoms with Crippen molar-refractivity contribution >= 4 is 15.9 Å².